The maximum Gasteiger partial charge on any atom is 0.408 e. The number of carbonyl (C=O) groups excluding carboxylic acids is 3. The molecular weight excluding hydrogens is 424 g/mol. The highest BCUT2D eigenvalue weighted by molar-refractivity contribution is 9.09. The number of nitrogens with one attached hydrogen (secondary N) is 2. The highest BCUT2D eigenvalue weighted by Gasteiger charge is 2.27. The van der Waals surface area contributed by atoms with Crippen molar-refractivity contribution in [3.63, 3.8) is 0 Å². The van der Waals surface area contributed by atoms with Gasteiger partial charge in [0.15, 0.2) is 5.78 Å². The Kier molecular flexibility index (Phi) is 10.8. The van der Waals surface area contributed by atoms with E-state index in [1.807, 2.05) is 58.0 Å². The Balaban J connectivity index is 2.72. The lowest BCUT2D eigenvalue weighted by atomic mass is 9.99. The molecule has 0 aliphatic heterocycles. The second-order valence-electron chi connectivity index (χ2n) is 7.68. The van der Waals surface area contributed by atoms with Crippen LogP contribution in [0.25, 0.3) is 0 Å². The highest BCUT2D eigenvalue weighted by Crippen LogP contribution is 2.10. The molecule has 2 amide bonds. The number of hydrogen-bond acceptors (Lipinski definition) is 4. The molecule has 0 aliphatic carbocycles. The fraction of sp³-hybridized carbons (Fsp3) is 0.571. The van der Waals surface area contributed by atoms with Crippen LogP contribution in [0, 0.1) is 11.8 Å². The number of carbonyl (C=O) groups is 3. The molecule has 2 N–H and O–H groups in total. The van der Waals surface area contributed by atoms with Crippen molar-refractivity contribution in [1.82, 2.24) is 10.6 Å². The molecule has 0 aliphatic rings. The van der Waals surface area contributed by atoms with Gasteiger partial charge in [0, 0.05) is 0 Å². The van der Waals surface area contributed by atoms with E-state index in [1.165, 1.54) is 0 Å². The molecule has 0 fully saturated rings. The summed E-state index contributed by atoms with van der Waals surface area (Å²) in [4.78, 5) is 37.1. The fourth-order valence-corrected chi connectivity index (χ4v) is 3.11. The summed E-state index contributed by atoms with van der Waals surface area (Å²) < 4.78 is 5.22. The topological polar surface area (TPSA) is 84.5 Å². The summed E-state index contributed by atoms with van der Waals surface area (Å²) in [7, 11) is 0. The molecule has 1 aromatic carbocycles. The third-order valence-corrected chi connectivity index (χ3v) is 4.63. The van der Waals surface area contributed by atoms with Gasteiger partial charge in [0.2, 0.25) is 5.91 Å². The second kappa shape index (κ2) is 12.5. The first-order valence-electron chi connectivity index (χ1n) is 9.59. The predicted octanol–water partition coefficient (Wildman–Crippen LogP) is 3.82. The van der Waals surface area contributed by atoms with Crippen molar-refractivity contribution in [2.75, 3.05) is 5.33 Å². The fourth-order valence-electron chi connectivity index (χ4n) is 2.72. The number of halogens is 1. The van der Waals surface area contributed by atoms with Crippen LogP contribution >= 0.6 is 15.9 Å². The lowest BCUT2D eigenvalue weighted by molar-refractivity contribution is -0.128. The summed E-state index contributed by atoms with van der Waals surface area (Å²) in [6.45, 7) is 8.04. The summed E-state index contributed by atoms with van der Waals surface area (Å²) in [6.07, 6.45) is 0.337. The standard InChI is InChI=1S/C21H31BrN2O4/c1-14(2)10-17(19(25)12-22)23-20(26)18(11-15(3)4)24-21(27)28-13-16-8-6-5-7-9-16/h5-9,14-15,17-18H,10-13H2,1-4H3,(H,23,26)(H,24,27)/t17?,18-/m0/s1. The Hall–Kier alpha value is -1.89. The number of benzene rings is 1. The second-order valence-corrected chi connectivity index (χ2v) is 8.24. The molecule has 1 unspecified atom stereocenters. The van der Waals surface area contributed by atoms with Gasteiger partial charge in [-0.1, -0.05) is 74.0 Å². The van der Waals surface area contributed by atoms with Crippen molar-refractivity contribution in [2.45, 2.75) is 59.2 Å². The molecule has 0 spiro atoms. The minimum atomic E-state index is -0.763. The zero-order chi connectivity index (χ0) is 21.1. The molecule has 0 radical (unpaired) electrons. The number of ether oxygens (including phenoxy) is 1. The maximum absolute atomic E-state index is 12.8. The van der Waals surface area contributed by atoms with Gasteiger partial charge >= 0.3 is 6.09 Å². The molecule has 1 aromatic rings. The van der Waals surface area contributed by atoms with Crippen molar-refractivity contribution in [2.24, 2.45) is 11.8 Å². The zero-order valence-corrected chi connectivity index (χ0v) is 18.6. The number of Topliss-reactive ketones (excluding diaryl/α,β-unsaturated/α-hetero) is 1. The normalized spacial score (nSPS) is 13.1. The molecule has 1 rings (SSSR count). The van der Waals surface area contributed by atoms with Crippen LogP contribution < -0.4 is 10.6 Å². The van der Waals surface area contributed by atoms with Gasteiger partial charge in [0.1, 0.15) is 12.6 Å². The quantitative estimate of drug-likeness (QED) is 0.497. The zero-order valence-electron chi connectivity index (χ0n) is 17.0. The molecule has 0 aromatic heterocycles. The van der Waals surface area contributed by atoms with E-state index in [0.717, 1.165) is 5.56 Å². The third kappa shape index (κ3) is 9.35. The van der Waals surface area contributed by atoms with Crippen LogP contribution in [0.5, 0.6) is 0 Å². The summed E-state index contributed by atoms with van der Waals surface area (Å²) in [5, 5.41) is 5.61. The summed E-state index contributed by atoms with van der Waals surface area (Å²) >= 11 is 3.17. The van der Waals surface area contributed by atoms with Crippen molar-refractivity contribution < 1.29 is 19.1 Å². The number of rotatable bonds is 11. The Bertz CT molecular complexity index is 635. The van der Waals surface area contributed by atoms with Gasteiger partial charge in [0.25, 0.3) is 0 Å². The van der Waals surface area contributed by atoms with E-state index in [1.54, 1.807) is 0 Å². The molecule has 0 saturated heterocycles. The molecule has 7 heteroatoms. The van der Waals surface area contributed by atoms with Crippen LogP contribution in [0.15, 0.2) is 30.3 Å². The first-order chi connectivity index (χ1) is 13.2. The van der Waals surface area contributed by atoms with E-state index < -0.39 is 18.2 Å². The van der Waals surface area contributed by atoms with E-state index >= 15 is 0 Å². The van der Waals surface area contributed by atoms with Gasteiger partial charge in [-0.15, -0.1) is 0 Å². The Morgan fingerprint density at radius 3 is 2.04 bits per heavy atom. The SMILES string of the molecule is CC(C)CC(NC(=O)[C@H](CC(C)C)NC(=O)OCc1ccccc1)C(=O)CBr. The van der Waals surface area contributed by atoms with Crippen molar-refractivity contribution in [1.29, 1.82) is 0 Å². The van der Waals surface area contributed by atoms with Gasteiger partial charge in [0.05, 0.1) is 11.4 Å². The average Bonchev–Trinajstić information content (AvgIpc) is 2.64. The first-order valence-corrected chi connectivity index (χ1v) is 10.7. The smallest absolute Gasteiger partial charge is 0.408 e. The van der Waals surface area contributed by atoms with E-state index in [2.05, 4.69) is 26.6 Å². The lowest BCUT2D eigenvalue weighted by Crippen LogP contribution is -2.52. The number of alkyl carbamates (subject to hydrolysis) is 1. The highest BCUT2D eigenvalue weighted by atomic mass is 79.9. The van der Waals surface area contributed by atoms with Crippen LogP contribution in [0.3, 0.4) is 0 Å². The van der Waals surface area contributed by atoms with Crippen LogP contribution in [-0.4, -0.2) is 35.2 Å². The molecular formula is C21H31BrN2O4. The number of hydrogen-bond donors (Lipinski definition) is 2. The maximum atomic E-state index is 12.8. The van der Waals surface area contributed by atoms with Crippen LogP contribution in [0.1, 0.15) is 46.1 Å². The Labute approximate surface area is 175 Å². The summed E-state index contributed by atoms with van der Waals surface area (Å²) in [6, 6.07) is 7.98. The Morgan fingerprint density at radius 1 is 0.929 bits per heavy atom. The van der Waals surface area contributed by atoms with Gasteiger partial charge in [-0.25, -0.2) is 4.79 Å². The van der Waals surface area contributed by atoms with Crippen LogP contribution in [-0.2, 0) is 20.9 Å². The number of alkyl halides is 1. The minimum absolute atomic E-state index is 0.0861. The van der Waals surface area contributed by atoms with E-state index in [0.29, 0.717) is 12.8 Å². The monoisotopic (exact) mass is 454 g/mol. The third-order valence-electron chi connectivity index (χ3n) is 4.07. The van der Waals surface area contributed by atoms with Crippen molar-refractivity contribution in [3.8, 4) is 0 Å². The molecule has 2 atom stereocenters. The average molecular weight is 455 g/mol. The van der Waals surface area contributed by atoms with E-state index in [-0.39, 0.29) is 35.5 Å². The van der Waals surface area contributed by atoms with Gasteiger partial charge in [-0.3, -0.25) is 9.59 Å². The largest absolute Gasteiger partial charge is 0.445 e. The van der Waals surface area contributed by atoms with E-state index in [9.17, 15) is 14.4 Å². The molecule has 0 heterocycles. The Morgan fingerprint density at radius 2 is 1.50 bits per heavy atom. The molecule has 6 nitrogen and oxygen atoms in total. The first kappa shape index (κ1) is 24.1. The van der Waals surface area contributed by atoms with Crippen LogP contribution in [0.4, 0.5) is 4.79 Å². The summed E-state index contributed by atoms with van der Waals surface area (Å²) in [5.41, 5.74) is 0.863. The van der Waals surface area contributed by atoms with Gasteiger partial charge in [-0.05, 0) is 30.2 Å². The molecule has 0 saturated carbocycles. The molecule has 0 bridgehead atoms. The van der Waals surface area contributed by atoms with Gasteiger partial charge in [-0.2, -0.15) is 0 Å². The molecule has 28 heavy (non-hydrogen) atoms. The van der Waals surface area contributed by atoms with Crippen molar-refractivity contribution in [3.05, 3.63) is 35.9 Å². The predicted molar refractivity (Wildman–Crippen MR) is 113 cm³/mol. The number of ketones is 1. The summed E-state index contributed by atoms with van der Waals surface area (Å²) in [5.74, 6) is -0.0245. The van der Waals surface area contributed by atoms with E-state index in [4.69, 9.17) is 4.74 Å². The molecule has 156 valence electrons. The van der Waals surface area contributed by atoms with Crippen molar-refractivity contribution >= 4 is 33.7 Å². The van der Waals surface area contributed by atoms with Gasteiger partial charge < -0.3 is 15.4 Å². The van der Waals surface area contributed by atoms with Crippen LogP contribution in [0.2, 0.25) is 0 Å². The lowest BCUT2D eigenvalue weighted by Gasteiger charge is -2.24. The minimum Gasteiger partial charge on any atom is -0.445 e. The number of amides is 2.